The molecule has 7 nitrogen and oxygen atoms in total. The second-order valence-electron chi connectivity index (χ2n) is 8.07. The number of carbonyl (C=O) groups excluding carboxylic acids is 2. The lowest BCUT2D eigenvalue weighted by atomic mass is 9.95. The number of aryl methyl sites for hydroxylation is 1. The zero-order chi connectivity index (χ0) is 24.1. The number of hydrogen-bond acceptors (Lipinski definition) is 5. The number of aliphatic hydroxyl groups is 1. The van der Waals surface area contributed by atoms with Crippen LogP contribution in [0.1, 0.15) is 36.9 Å². The summed E-state index contributed by atoms with van der Waals surface area (Å²) in [7, 11) is 0. The van der Waals surface area contributed by atoms with E-state index in [4.69, 9.17) is 16.3 Å². The van der Waals surface area contributed by atoms with Crippen LogP contribution in [0.2, 0.25) is 5.02 Å². The number of carbonyl (C=O) groups is 2. The fraction of sp³-hybridized carbons (Fsp3) is 0.269. The predicted molar refractivity (Wildman–Crippen MR) is 130 cm³/mol. The van der Waals surface area contributed by atoms with E-state index < -0.39 is 17.7 Å². The number of amides is 1. The molecule has 0 saturated carbocycles. The van der Waals surface area contributed by atoms with Crippen molar-refractivity contribution < 1.29 is 19.4 Å². The molecule has 1 aliphatic heterocycles. The summed E-state index contributed by atoms with van der Waals surface area (Å²) in [5.41, 5.74) is 1.16. The molecule has 0 radical (unpaired) electrons. The Bertz CT molecular complexity index is 1190. The minimum atomic E-state index is -0.738. The summed E-state index contributed by atoms with van der Waals surface area (Å²) in [6.07, 6.45) is 6.74. The van der Waals surface area contributed by atoms with Gasteiger partial charge in [-0.2, -0.15) is 0 Å². The summed E-state index contributed by atoms with van der Waals surface area (Å²) in [5, 5.41) is 11.6. The Kier molecular flexibility index (Phi) is 7.33. The van der Waals surface area contributed by atoms with Gasteiger partial charge in [0.05, 0.1) is 24.5 Å². The maximum Gasteiger partial charge on any atom is 0.295 e. The number of benzene rings is 2. The molecule has 1 atom stereocenters. The van der Waals surface area contributed by atoms with Gasteiger partial charge in [-0.05, 0) is 54.8 Å². The molecule has 1 saturated heterocycles. The Morgan fingerprint density at radius 3 is 2.62 bits per heavy atom. The monoisotopic (exact) mass is 479 g/mol. The molecular formula is C26H26ClN3O4. The number of Topliss-reactive ketones (excluding diaryl/α,β-unsaturated/α-hetero) is 1. The molecule has 3 aromatic rings. The van der Waals surface area contributed by atoms with Crippen LogP contribution in [0, 0.1) is 0 Å². The third kappa shape index (κ3) is 4.99. The molecule has 0 unspecified atom stereocenters. The van der Waals surface area contributed by atoms with E-state index in [0.29, 0.717) is 48.0 Å². The SMILES string of the molecule is CCCOc1ccc(/C(O)=C2\C(=O)C(=O)N(CCCn3ccnc3)[C@H]2c2cccc(Cl)c2)cc1. The second kappa shape index (κ2) is 10.6. The fourth-order valence-corrected chi connectivity index (χ4v) is 4.26. The van der Waals surface area contributed by atoms with Crippen molar-refractivity contribution in [2.45, 2.75) is 32.4 Å². The number of aromatic nitrogens is 2. The first-order valence-corrected chi connectivity index (χ1v) is 11.6. The van der Waals surface area contributed by atoms with Crippen molar-refractivity contribution in [2.24, 2.45) is 0 Å². The largest absolute Gasteiger partial charge is 0.507 e. The lowest BCUT2D eigenvalue weighted by Gasteiger charge is -2.25. The number of aliphatic hydroxyl groups excluding tert-OH is 1. The first kappa shape index (κ1) is 23.6. The van der Waals surface area contributed by atoms with Gasteiger partial charge in [0.25, 0.3) is 11.7 Å². The number of imidazole rings is 1. The smallest absolute Gasteiger partial charge is 0.295 e. The Balaban J connectivity index is 1.68. The fourth-order valence-electron chi connectivity index (χ4n) is 4.06. The quantitative estimate of drug-likeness (QED) is 0.270. The van der Waals surface area contributed by atoms with Gasteiger partial charge < -0.3 is 19.3 Å². The number of ether oxygens (including phenoxy) is 1. The average molecular weight is 480 g/mol. The second-order valence-corrected chi connectivity index (χ2v) is 8.51. The minimum absolute atomic E-state index is 0.0529. The molecule has 1 aliphatic rings. The summed E-state index contributed by atoms with van der Waals surface area (Å²) in [6.45, 7) is 3.58. The molecule has 2 heterocycles. The predicted octanol–water partition coefficient (Wildman–Crippen LogP) is 4.84. The summed E-state index contributed by atoms with van der Waals surface area (Å²) in [4.78, 5) is 31.7. The van der Waals surface area contributed by atoms with Crippen LogP contribution in [0.25, 0.3) is 5.76 Å². The molecule has 0 spiro atoms. The van der Waals surface area contributed by atoms with Gasteiger partial charge >= 0.3 is 0 Å². The van der Waals surface area contributed by atoms with Gasteiger partial charge in [0.2, 0.25) is 0 Å². The maximum atomic E-state index is 13.1. The van der Waals surface area contributed by atoms with Gasteiger partial charge in [0.15, 0.2) is 0 Å². The van der Waals surface area contributed by atoms with Crippen molar-refractivity contribution in [2.75, 3.05) is 13.2 Å². The van der Waals surface area contributed by atoms with Crippen LogP contribution in [0.5, 0.6) is 5.75 Å². The van der Waals surface area contributed by atoms with Crippen LogP contribution in [0.15, 0.2) is 72.8 Å². The summed E-state index contributed by atoms with van der Waals surface area (Å²) in [6, 6.07) is 13.1. The van der Waals surface area contributed by atoms with Gasteiger partial charge in [-0.25, -0.2) is 4.98 Å². The first-order valence-electron chi connectivity index (χ1n) is 11.2. The van der Waals surface area contributed by atoms with Gasteiger partial charge in [0, 0.05) is 36.1 Å². The normalized spacial score (nSPS) is 17.4. The lowest BCUT2D eigenvalue weighted by molar-refractivity contribution is -0.139. The number of ketones is 1. The Morgan fingerprint density at radius 2 is 1.94 bits per heavy atom. The van der Waals surface area contributed by atoms with E-state index in [1.54, 1.807) is 61.1 Å². The van der Waals surface area contributed by atoms with Gasteiger partial charge in [-0.1, -0.05) is 30.7 Å². The number of hydrogen-bond donors (Lipinski definition) is 1. The van der Waals surface area contributed by atoms with Crippen LogP contribution < -0.4 is 4.74 Å². The van der Waals surface area contributed by atoms with Crippen molar-refractivity contribution in [3.63, 3.8) is 0 Å². The van der Waals surface area contributed by atoms with E-state index in [9.17, 15) is 14.7 Å². The van der Waals surface area contributed by atoms with Crippen LogP contribution in [0.4, 0.5) is 0 Å². The highest BCUT2D eigenvalue weighted by molar-refractivity contribution is 6.46. The van der Waals surface area contributed by atoms with E-state index in [1.165, 1.54) is 4.90 Å². The van der Waals surface area contributed by atoms with Crippen LogP contribution in [0.3, 0.4) is 0 Å². The maximum absolute atomic E-state index is 13.1. The molecule has 2 aromatic carbocycles. The van der Waals surface area contributed by atoms with Crippen molar-refractivity contribution in [1.82, 2.24) is 14.5 Å². The molecule has 34 heavy (non-hydrogen) atoms. The number of rotatable bonds is 9. The molecule has 4 rings (SSSR count). The molecule has 176 valence electrons. The van der Waals surface area contributed by atoms with E-state index in [2.05, 4.69) is 4.98 Å². The van der Waals surface area contributed by atoms with E-state index in [1.807, 2.05) is 17.7 Å². The van der Waals surface area contributed by atoms with Crippen molar-refractivity contribution >= 4 is 29.1 Å². The minimum Gasteiger partial charge on any atom is -0.507 e. The third-order valence-electron chi connectivity index (χ3n) is 5.68. The topological polar surface area (TPSA) is 84.7 Å². The molecular weight excluding hydrogens is 454 g/mol. The number of nitrogens with zero attached hydrogens (tertiary/aromatic N) is 3. The summed E-state index contributed by atoms with van der Waals surface area (Å²) in [5.74, 6) is -0.899. The molecule has 1 fully saturated rings. The van der Waals surface area contributed by atoms with Crippen molar-refractivity contribution in [1.29, 1.82) is 0 Å². The van der Waals surface area contributed by atoms with E-state index >= 15 is 0 Å². The summed E-state index contributed by atoms with van der Waals surface area (Å²) >= 11 is 6.23. The Morgan fingerprint density at radius 1 is 1.15 bits per heavy atom. The highest BCUT2D eigenvalue weighted by Gasteiger charge is 2.45. The molecule has 0 bridgehead atoms. The van der Waals surface area contributed by atoms with Gasteiger partial charge in [-0.3, -0.25) is 9.59 Å². The molecule has 1 amide bonds. The van der Waals surface area contributed by atoms with Crippen LogP contribution >= 0.6 is 11.6 Å². The molecule has 8 heteroatoms. The van der Waals surface area contributed by atoms with Gasteiger partial charge in [0.1, 0.15) is 11.5 Å². The summed E-state index contributed by atoms with van der Waals surface area (Å²) < 4.78 is 7.51. The molecule has 1 aromatic heterocycles. The Labute approximate surface area is 203 Å². The number of halogens is 1. The van der Waals surface area contributed by atoms with Crippen molar-refractivity contribution in [3.8, 4) is 5.75 Å². The Hall–Kier alpha value is -3.58. The standard InChI is InChI=1S/C26H26ClN3O4/c1-2-15-34-21-9-7-18(8-10-21)24(31)22-23(19-5-3-6-20(27)16-19)30(26(33)25(22)32)13-4-12-29-14-11-28-17-29/h3,5-11,14,16-17,23,31H,2,4,12-13,15H2,1H3/b24-22+/t23-/m0/s1. The third-order valence-corrected chi connectivity index (χ3v) is 5.91. The molecule has 0 aliphatic carbocycles. The molecule has 1 N–H and O–H groups in total. The van der Waals surface area contributed by atoms with E-state index in [0.717, 1.165) is 6.42 Å². The van der Waals surface area contributed by atoms with E-state index in [-0.39, 0.29) is 11.3 Å². The zero-order valence-electron chi connectivity index (χ0n) is 18.9. The van der Waals surface area contributed by atoms with Crippen LogP contribution in [-0.4, -0.2) is 44.4 Å². The highest BCUT2D eigenvalue weighted by Crippen LogP contribution is 2.40. The highest BCUT2D eigenvalue weighted by atomic mass is 35.5. The number of likely N-dealkylation sites (tertiary alicyclic amines) is 1. The average Bonchev–Trinajstić information content (AvgIpc) is 3.45. The van der Waals surface area contributed by atoms with Gasteiger partial charge in [-0.15, -0.1) is 0 Å². The van der Waals surface area contributed by atoms with Crippen LogP contribution in [-0.2, 0) is 16.1 Å². The van der Waals surface area contributed by atoms with Crippen molar-refractivity contribution in [3.05, 3.63) is 89.0 Å². The lowest BCUT2D eigenvalue weighted by Crippen LogP contribution is -2.31. The first-order chi connectivity index (χ1) is 16.5. The zero-order valence-corrected chi connectivity index (χ0v) is 19.6.